The molecule has 1 aromatic carbocycles. The van der Waals surface area contributed by atoms with E-state index in [0.29, 0.717) is 11.3 Å². The number of nitrogens with one attached hydrogen (secondary N) is 1. The molecule has 8 heteroatoms. The molecule has 0 amide bonds. The fourth-order valence-electron chi connectivity index (χ4n) is 1.59. The van der Waals surface area contributed by atoms with Gasteiger partial charge >= 0.3 is 6.18 Å². The Morgan fingerprint density at radius 2 is 2.10 bits per heavy atom. The number of nitrogens with zero attached hydrogens (tertiary/aromatic N) is 1. The zero-order valence-electron chi connectivity index (χ0n) is 10.9. The number of nitro benzene ring substituents is 1. The number of halogens is 3. The fourth-order valence-corrected chi connectivity index (χ4v) is 1.59. The van der Waals surface area contributed by atoms with E-state index in [1.807, 2.05) is 0 Å². The van der Waals surface area contributed by atoms with E-state index in [4.69, 9.17) is 4.74 Å². The lowest BCUT2D eigenvalue weighted by atomic mass is 10.2. The average Bonchev–Trinajstić information content (AvgIpc) is 2.36. The van der Waals surface area contributed by atoms with Gasteiger partial charge in [-0.15, -0.1) is 0 Å². The first-order chi connectivity index (χ1) is 9.33. The lowest BCUT2D eigenvalue weighted by molar-refractivity contribution is -0.384. The van der Waals surface area contributed by atoms with Gasteiger partial charge in [0.1, 0.15) is 5.69 Å². The predicted octanol–water partition coefficient (Wildman–Crippen LogP) is 3.50. The van der Waals surface area contributed by atoms with E-state index in [1.54, 1.807) is 13.1 Å². The maximum Gasteiger partial charge on any atom is 0.389 e. The highest BCUT2D eigenvalue weighted by atomic mass is 19.4. The first-order valence-corrected chi connectivity index (χ1v) is 5.93. The summed E-state index contributed by atoms with van der Waals surface area (Å²) >= 11 is 0. The lowest BCUT2D eigenvalue weighted by Gasteiger charge is -2.08. The molecule has 0 atom stereocenters. The standard InChI is InChI=1S/C12H15F3N2O3/c1-16-10-4-3-9(7-11(10)17(18)19)8-20-6-2-5-12(13,14)15/h3-4,7,16H,2,5-6,8H2,1H3. The van der Waals surface area contributed by atoms with Gasteiger partial charge in [0, 0.05) is 26.1 Å². The van der Waals surface area contributed by atoms with E-state index in [2.05, 4.69) is 5.32 Å². The monoisotopic (exact) mass is 292 g/mol. The molecule has 112 valence electrons. The van der Waals surface area contributed by atoms with Crippen molar-refractivity contribution in [1.29, 1.82) is 0 Å². The van der Waals surface area contributed by atoms with Gasteiger partial charge in [0.15, 0.2) is 0 Å². The Bertz CT molecular complexity index is 464. The highest BCUT2D eigenvalue weighted by Gasteiger charge is 2.25. The summed E-state index contributed by atoms with van der Waals surface area (Å²) in [6.45, 7) is 0.00375. The Hall–Kier alpha value is -1.83. The topological polar surface area (TPSA) is 64.4 Å². The van der Waals surface area contributed by atoms with Crippen LogP contribution in [0, 0.1) is 10.1 Å². The molecule has 0 aliphatic carbocycles. The van der Waals surface area contributed by atoms with Crippen LogP contribution in [0.5, 0.6) is 0 Å². The Balaban J connectivity index is 2.49. The number of nitro groups is 1. The van der Waals surface area contributed by atoms with Crippen molar-refractivity contribution in [3.63, 3.8) is 0 Å². The smallest absolute Gasteiger partial charge is 0.383 e. The Kier molecular flexibility index (Phi) is 5.75. The SMILES string of the molecule is CNc1ccc(COCCCC(F)(F)F)cc1[N+](=O)[O-]. The molecule has 20 heavy (non-hydrogen) atoms. The fraction of sp³-hybridized carbons (Fsp3) is 0.500. The minimum absolute atomic E-state index is 0.0406. The third-order valence-corrected chi connectivity index (χ3v) is 2.55. The number of hydrogen-bond acceptors (Lipinski definition) is 4. The van der Waals surface area contributed by atoms with E-state index in [0.717, 1.165) is 0 Å². The van der Waals surface area contributed by atoms with Crippen LogP contribution in [0.1, 0.15) is 18.4 Å². The van der Waals surface area contributed by atoms with Crippen molar-refractivity contribution in [3.8, 4) is 0 Å². The zero-order chi connectivity index (χ0) is 15.2. The van der Waals surface area contributed by atoms with E-state index >= 15 is 0 Å². The minimum atomic E-state index is -4.18. The van der Waals surface area contributed by atoms with Crippen LogP contribution in [-0.2, 0) is 11.3 Å². The highest BCUT2D eigenvalue weighted by Crippen LogP contribution is 2.25. The van der Waals surface area contributed by atoms with Crippen LogP contribution in [0.25, 0.3) is 0 Å². The van der Waals surface area contributed by atoms with E-state index in [1.165, 1.54) is 12.1 Å². The quantitative estimate of drug-likeness (QED) is 0.474. The average molecular weight is 292 g/mol. The number of hydrogen-bond donors (Lipinski definition) is 1. The van der Waals surface area contributed by atoms with Crippen molar-refractivity contribution in [3.05, 3.63) is 33.9 Å². The second-order valence-corrected chi connectivity index (χ2v) is 4.13. The van der Waals surface area contributed by atoms with Crippen LogP contribution in [0.2, 0.25) is 0 Å². The summed E-state index contributed by atoms with van der Waals surface area (Å²) < 4.78 is 40.8. The molecule has 0 saturated carbocycles. The molecular formula is C12H15F3N2O3. The third kappa shape index (κ3) is 5.43. The molecule has 0 aromatic heterocycles. The van der Waals surface area contributed by atoms with Gasteiger partial charge in [0.05, 0.1) is 11.5 Å². The summed E-state index contributed by atoms with van der Waals surface area (Å²) in [5.74, 6) is 0. The van der Waals surface area contributed by atoms with Crippen molar-refractivity contribution < 1.29 is 22.8 Å². The normalized spacial score (nSPS) is 11.4. The van der Waals surface area contributed by atoms with Gasteiger partial charge in [-0.1, -0.05) is 6.07 Å². The summed E-state index contributed by atoms with van der Waals surface area (Å²) in [4.78, 5) is 10.3. The molecule has 0 fully saturated rings. The van der Waals surface area contributed by atoms with Crippen molar-refractivity contribution >= 4 is 11.4 Å². The van der Waals surface area contributed by atoms with Crippen molar-refractivity contribution in [2.24, 2.45) is 0 Å². The Labute approximate surface area is 113 Å². The number of benzene rings is 1. The van der Waals surface area contributed by atoms with Gasteiger partial charge in [-0.25, -0.2) is 0 Å². The van der Waals surface area contributed by atoms with Crippen molar-refractivity contribution in [2.45, 2.75) is 25.6 Å². The van der Waals surface area contributed by atoms with Crippen molar-refractivity contribution in [2.75, 3.05) is 19.0 Å². The van der Waals surface area contributed by atoms with Crippen LogP contribution < -0.4 is 5.32 Å². The van der Waals surface area contributed by atoms with Crippen molar-refractivity contribution in [1.82, 2.24) is 0 Å². The largest absolute Gasteiger partial charge is 0.389 e. The van der Waals surface area contributed by atoms with Gasteiger partial charge in [0.25, 0.3) is 5.69 Å². The summed E-state index contributed by atoms with van der Waals surface area (Å²) in [6, 6.07) is 4.50. The van der Waals surface area contributed by atoms with Crippen LogP contribution in [-0.4, -0.2) is 24.8 Å². The Morgan fingerprint density at radius 1 is 1.40 bits per heavy atom. The second-order valence-electron chi connectivity index (χ2n) is 4.13. The van der Waals surface area contributed by atoms with Gasteiger partial charge in [-0.2, -0.15) is 13.2 Å². The summed E-state index contributed by atoms with van der Waals surface area (Å²) in [6.07, 6.45) is -5.21. The van der Waals surface area contributed by atoms with Gasteiger partial charge < -0.3 is 10.1 Å². The number of alkyl halides is 3. The first kappa shape index (κ1) is 16.2. The number of ether oxygens (including phenoxy) is 1. The number of rotatable bonds is 7. The summed E-state index contributed by atoms with van der Waals surface area (Å²) in [5.41, 5.74) is 0.822. The van der Waals surface area contributed by atoms with Crippen LogP contribution in [0.15, 0.2) is 18.2 Å². The zero-order valence-corrected chi connectivity index (χ0v) is 10.9. The van der Waals surface area contributed by atoms with Crippen LogP contribution in [0.4, 0.5) is 24.5 Å². The first-order valence-electron chi connectivity index (χ1n) is 5.93. The van der Waals surface area contributed by atoms with Crippen LogP contribution in [0.3, 0.4) is 0 Å². The summed E-state index contributed by atoms with van der Waals surface area (Å²) in [5, 5.41) is 13.5. The molecule has 0 spiro atoms. The molecule has 1 rings (SSSR count). The molecule has 0 aliphatic rings. The molecule has 0 unspecified atom stereocenters. The lowest BCUT2D eigenvalue weighted by Crippen LogP contribution is -2.08. The molecule has 0 saturated heterocycles. The molecule has 5 nitrogen and oxygen atoms in total. The van der Waals surface area contributed by atoms with Gasteiger partial charge in [-0.05, 0) is 18.1 Å². The molecule has 1 aromatic rings. The molecule has 0 bridgehead atoms. The van der Waals surface area contributed by atoms with Gasteiger partial charge in [-0.3, -0.25) is 10.1 Å². The second kappa shape index (κ2) is 7.09. The predicted molar refractivity (Wildman–Crippen MR) is 67.6 cm³/mol. The van der Waals surface area contributed by atoms with E-state index < -0.39 is 17.5 Å². The minimum Gasteiger partial charge on any atom is -0.383 e. The molecule has 0 heterocycles. The maximum absolute atomic E-state index is 11.9. The van der Waals surface area contributed by atoms with Gasteiger partial charge in [0.2, 0.25) is 0 Å². The Morgan fingerprint density at radius 3 is 2.65 bits per heavy atom. The molecule has 0 radical (unpaired) electrons. The third-order valence-electron chi connectivity index (χ3n) is 2.55. The summed E-state index contributed by atoms with van der Waals surface area (Å²) in [7, 11) is 1.57. The highest BCUT2D eigenvalue weighted by molar-refractivity contribution is 5.62. The van der Waals surface area contributed by atoms with Crippen LogP contribution >= 0.6 is 0 Å². The van der Waals surface area contributed by atoms with E-state index in [-0.39, 0.29) is 25.3 Å². The molecule has 0 aliphatic heterocycles. The molecule has 1 N–H and O–H groups in total. The molecular weight excluding hydrogens is 277 g/mol. The maximum atomic E-state index is 11.9. The number of anilines is 1. The van der Waals surface area contributed by atoms with E-state index in [9.17, 15) is 23.3 Å².